The Kier molecular flexibility index (Phi) is 5.08. The lowest BCUT2D eigenvalue weighted by Crippen LogP contribution is -2.42. The number of anilines is 3. The second kappa shape index (κ2) is 7.43. The van der Waals surface area contributed by atoms with Gasteiger partial charge in [0.15, 0.2) is 11.5 Å². The second-order valence-corrected chi connectivity index (χ2v) is 6.34. The van der Waals surface area contributed by atoms with Gasteiger partial charge in [-0.3, -0.25) is 4.79 Å². The summed E-state index contributed by atoms with van der Waals surface area (Å²) in [5, 5.41) is 14.5. The van der Waals surface area contributed by atoms with Crippen molar-refractivity contribution in [3.05, 3.63) is 35.7 Å². The number of primary amides is 1. The maximum absolute atomic E-state index is 11.7. The number of nitrogens with zero attached hydrogens (tertiary/aromatic N) is 3. The van der Waals surface area contributed by atoms with Gasteiger partial charge in [-0.25, -0.2) is 4.98 Å². The molecule has 0 aromatic carbocycles. The van der Waals surface area contributed by atoms with E-state index in [0.717, 1.165) is 31.4 Å². The van der Waals surface area contributed by atoms with Crippen molar-refractivity contribution in [2.75, 3.05) is 10.6 Å². The first-order valence-corrected chi connectivity index (χ1v) is 8.43. The second-order valence-electron chi connectivity index (χ2n) is 6.34. The topological polar surface area (TPSA) is 132 Å². The van der Waals surface area contributed by atoms with Gasteiger partial charge in [0.25, 0.3) is 5.91 Å². The maximum atomic E-state index is 11.7. The van der Waals surface area contributed by atoms with Gasteiger partial charge in [-0.2, -0.15) is 0 Å². The molecule has 1 fully saturated rings. The number of hydrogen-bond acceptors (Lipinski definition) is 7. The van der Waals surface area contributed by atoms with E-state index in [4.69, 9.17) is 11.5 Å². The molecule has 0 unspecified atom stereocenters. The van der Waals surface area contributed by atoms with E-state index in [1.165, 1.54) is 0 Å². The Balaban J connectivity index is 1.85. The van der Waals surface area contributed by atoms with Gasteiger partial charge in [-0.1, -0.05) is 18.9 Å². The first-order chi connectivity index (χ1) is 12.0. The van der Waals surface area contributed by atoms with Gasteiger partial charge in [0.2, 0.25) is 0 Å². The monoisotopic (exact) mass is 341 g/mol. The summed E-state index contributed by atoms with van der Waals surface area (Å²) in [6.07, 6.45) is 4.26. The lowest BCUT2D eigenvalue weighted by Gasteiger charge is -2.29. The van der Waals surface area contributed by atoms with Crippen molar-refractivity contribution in [1.29, 1.82) is 0 Å². The molecule has 1 saturated carbocycles. The third kappa shape index (κ3) is 4.21. The standard InChI is InChI=1S/C17H23N7O/c1-10-5-4-8-14(20-10)22-13-9-15(23-24-16(13)17(19)25)21-12-7-3-2-6-11(12)18/h4-5,8-9,11-12H,2-3,6-7,18H2,1H3,(H2,19,25)(H2,20,21,22,23)/t11-,12+/m1/s1. The van der Waals surface area contributed by atoms with Crippen LogP contribution in [0.15, 0.2) is 24.3 Å². The Morgan fingerprint density at radius 1 is 1.20 bits per heavy atom. The molecule has 0 bridgehead atoms. The van der Waals surface area contributed by atoms with Gasteiger partial charge in [-0.05, 0) is 31.9 Å². The van der Waals surface area contributed by atoms with Crippen molar-refractivity contribution in [3.63, 3.8) is 0 Å². The lowest BCUT2D eigenvalue weighted by molar-refractivity contribution is 0.0995. The summed E-state index contributed by atoms with van der Waals surface area (Å²) in [6, 6.07) is 7.53. The molecule has 2 aromatic rings. The smallest absolute Gasteiger partial charge is 0.271 e. The van der Waals surface area contributed by atoms with Crippen LogP contribution in [0.2, 0.25) is 0 Å². The fraction of sp³-hybridized carbons (Fsp3) is 0.412. The molecule has 1 aliphatic carbocycles. The Morgan fingerprint density at radius 2 is 2.00 bits per heavy atom. The quantitative estimate of drug-likeness (QED) is 0.650. The molecule has 0 aliphatic heterocycles. The molecule has 8 nitrogen and oxygen atoms in total. The number of nitrogens with two attached hydrogens (primary N) is 2. The lowest BCUT2D eigenvalue weighted by atomic mass is 9.91. The highest BCUT2D eigenvalue weighted by Gasteiger charge is 2.23. The number of carbonyl (C=O) groups is 1. The van der Waals surface area contributed by atoms with Crippen molar-refractivity contribution >= 4 is 23.2 Å². The summed E-state index contributed by atoms with van der Waals surface area (Å²) in [7, 11) is 0. The molecular formula is C17H23N7O. The number of rotatable bonds is 5. The molecule has 25 heavy (non-hydrogen) atoms. The zero-order valence-electron chi connectivity index (χ0n) is 14.2. The number of pyridine rings is 1. The number of aryl methyl sites for hydroxylation is 1. The summed E-state index contributed by atoms with van der Waals surface area (Å²) in [5.74, 6) is 0.516. The minimum Gasteiger partial charge on any atom is -0.364 e. The van der Waals surface area contributed by atoms with Gasteiger partial charge in [0, 0.05) is 23.8 Å². The first kappa shape index (κ1) is 17.1. The van der Waals surface area contributed by atoms with Crippen LogP contribution in [-0.2, 0) is 0 Å². The van der Waals surface area contributed by atoms with E-state index in [9.17, 15) is 4.79 Å². The Hall–Kier alpha value is -2.74. The highest BCUT2D eigenvalue weighted by Crippen LogP contribution is 2.24. The molecule has 0 radical (unpaired) electrons. The van der Waals surface area contributed by atoms with Crippen molar-refractivity contribution in [2.45, 2.75) is 44.7 Å². The SMILES string of the molecule is Cc1cccc(Nc2cc(N[C@H]3CCCC[C@H]3N)nnc2C(N)=O)n1. The summed E-state index contributed by atoms with van der Waals surface area (Å²) >= 11 is 0. The molecule has 8 heteroatoms. The van der Waals surface area contributed by atoms with Crippen LogP contribution in [-0.4, -0.2) is 33.2 Å². The fourth-order valence-corrected chi connectivity index (χ4v) is 3.02. The fourth-order valence-electron chi connectivity index (χ4n) is 3.02. The highest BCUT2D eigenvalue weighted by atomic mass is 16.1. The van der Waals surface area contributed by atoms with Crippen LogP contribution in [0.4, 0.5) is 17.3 Å². The molecule has 132 valence electrons. The average Bonchev–Trinajstić information content (AvgIpc) is 2.57. The number of amides is 1. The third-order valence-electron chi connectivity index (χ3n) is 4.33. The molecule has 1 amide bonds. The Morgan fingerprint density at radius 3 is 2.72 bits per heavy atom. The van der Waals surface area contributed by atoms with Gasteiger partial charge < -0.3 is 22.1 Å². The summed E-state index contributed by atoms with van der Waals surface area (Å²) in [6.45, 7) is 1.89. The minimum atomic E-state index is -0.649. The highest BCUT2D eigenvalue weighted by molar-refractivity contribution is 5.97. The van der Waals surface area contributed by atoms with E-state index in [2.05, 4.69) is 25.8 Å². The maximum Gasteiger partial charge on any atom is 0.271 e. The van der Waals surface area contributed by atoms with Crippen LogP contribution in [0.3, 0.4) is 0 Å². The van der Waals surface area contributed by atoms with Gasteiger partial charge in [-0.15, -0.1) is 10.2 Å². The predicted octanol–water partition coefficient (Wildman–Crippen LogP) is 1.70. The number of nitrogens with one attached hydrogen (secondary N) is 2. The molecule has 0 saturated heterocycles. The van der Waals surface area contributed by atoms with E-state index < -0.39 is 5.91 Å². The van der Waals surface area contributed by atoms with E-state index in [1.54, 1.807) is 6.07 Å². The molecule has 3 rings (SSSR count). The Bertz CT molecular complexity index is 764. The van der Waals surface area contributed by atoms with E-state index in [-0.39, 0.29) is 17.8 Å². The molecular weight excluding hydrogens is 318 g/mol. The summed E-state index contributed by atoms with van der Waals surface area (Å²) < 4.78 is 0. The van der Waals surface area contributed by atoms with Crippen LogP contribution in [0.25, 0.3) is 0 Å². The van der Waals surface area contributed by atoms with E-state index in [0.29, 0.717) is 17.3 Å². The zero-order chi connectivity index (χ0) is 17.8. The van der Waals surface area contributed by atoms with E-state index in [1.807, 2.05) is 25.1 Å². The zero-order valence-corrected chi connectivity index (χ0v) is 14.2. The van der Waals surface area contributed by atoms with Gasteiger partial charge in [0.05, 0.1) is 5.69 Å². The number of hydrogen-bond donors (Lipinski definition) is 4. The molecule has 2 atom stereocenters. The van der Waals surface area contributed by atoms with Gasteiger partial charge >= 0.3 is 0 Å². The molecule has 1 aliphatic rings. The summed E-state index contributed by atoms with van der Waals surface area (Å²) in [4.78, 5) is 16.0. The molecule has 2 heterocycles. The third-order valence-corrected chi connectivity index (χ3v) is 4.33. The van der Waals surface area contributed by atoms with E-state index >= 15 is 0 Å². The molecule has 0 spiro atoms. The van der Waals surface area contributed by atoms with Gasteiger partial charge in [0.1, 0.15) is 5.82 Å². The van der Waals surface area contributed by atoms with Crippen LogP contribution in [0.5, 0.6) is 0 Å². The van der Waals surface area contributed by atoms with Crippen molar-refractivity contribution in [1.82, 2.24) is 15.2 Å². The van der Waals surface area contributed by atoms with Crippen LogP contribution in [0.1, 0.15) is 41.9 Å². The molecule has 2 aromatic heterocycles. The largest absolute Gasteiger partial charge is 0.364 e. The number of aromatic nitrogens is 3. The number of carbonyl (C=O) groups excluding carboxylic acids is 1. The average molecular weight is 341 g/mol. The van der Waals surface area contributed by atoms with Crippen LogP contribution >= 0.6 is 0 Å². The first-order valence-electron chi connectivity index (χ1n) is 8.43. The van der Waals surface area contributed by atoms with Crippen molar-refractivity contribution < 1.29 is 4.79 Å². The summed E-state index contributed by atoms with van der Waals surface area (Å²) in [5.41, 5.74) is 13.0. The minimum absolute atomic E-state index is 0.0711. The van der Waals surface area contributed by atoms with Crippen LogP contribution < -0.4 is 22.1 Å². The van der Waals surface area contributed by atoms with Crippen LogP contribution in [0, 0.1) is 6.92 Å². The molecule has 6 N–H and O–H groups in total. The normalized spacial score (nSPS) is 20.1. The predicted molar refractivity (Wildman–Crippen MR) is 96.7 cm³/mol. The van der Waals surface area contributed by atoms with Crippen molar-refractivity contribution in [2.24, 2.45) is 11.5 Å². The Labute approximate surface area is 146 Å². The van der Waals surface area contributed by atoms with Crippen molar-refractivity contribution in [3.8, 4) is 0 Å².